The predicted octanol–water partition coefficient (Wildman–Crippen LogP) is 4.65. The molecule has 0 bridgehead atoms. The van der Waals surface area contributed by atoms with Crippen LogP contribution in [0.5, 0.6) is 5.75 Å². The Kier molecular flexibility index (Phi) is 6.38. The maximum atomic E-state index is 14.4. The molecule has 0 N–H and O–H groups in total. The highest BCUT2D eigenvalue weighted by atomic mass is 19.3. The highest BCUT2D eigenvalue weighted by Crippen LogP contribution is 2.50. The van der Waals surface area contributed by atoms with Crippen molar-refractivity contribution < 1.29 is 32.2 Å². The number of carbonyl (C=O) groups is 2. The lowest BCUT2D eigenvalue weighted by Crippen LogP contribution is -2.58. The molecule has 2 heterocycles. The van der Waals surface area contributed by atoms with E-state index in [1.807, 2.05) is 11.8 Å². The van der Waals surface area contributed by atoms with Crippen molar-refractivity contribution in [2.75, 3.05) is 32.8 Å². The van der Waals surface area contributed by atoms with E-state index in [0.717, 1.165) is 50.1 Å². The zero-order valence-electron chi connectivity index (χ0n) is 20.1. The van der Waals surface area contributed by atoms with Crippen LogP contribution < -0.4 is 4.74 Å². The standard InChI is InChI=1S/C26H33F3N2O4/c1-25(7-8-25)35-24(33)30-9-4-17(5-10-30)21-12-18(21)6-11-34-20-3-2-19(22(27)14-20)13-23(32)31-15-26(28,29)16-31/h2-3,14,17-18,21H,4-13,15-16H2,1H3/t18-,21-/m1/s1. The quantitative estimate of drug-likeness (QED) is 0.528. The van der Waals surface area contributed by atoms with Crippen LogP contribution in [0.15, 0.2) is 18.2 Å². The summed E-state index contributed by atoms with van der Waals surface area (Å²) < 4.78 is 51.6. The van der Waals surface area contributed by atoms with E-state index in [9.17, 15) is 22.8 Å². The number of alkyl halides is 2. The fraction of sp³-hybridized carbons (Fsp3) is 0.692. The van der Waals surface area contributed by atoms with Gasteiger partial charge < -0.3 is 19.3 Å². The molecule has 0 unspecified atom stereocenters. The third-order valence-electron chi connectivity index (χ3n) is 7.99. The van der Waals surface area contributed by atoms with Gasteiger partial charge in [-0.15, -0.1) is 0 Å². The lowest BCUT2D eigenvalue weighted by molar-refractivity contribution is -0.165. The zero-order chi connectivity index (χ0) is 24.8. The Morgan fingerprint density at radius 1 is 1.11 bits per heavy atom. The lowest BCUT2D eigenvalue weighted by atomic mass is 9.91. The molecule has 0 aromatic heterocycles. The molecular weight excluding hydrogens is 461 g/mol. The maximum absolute atomic E-state index is 14.4. The van der Waals surface area contributed by atoms with E-state index in [-0.39, 0.29) is 23.7 Å². The number of likely N-dealkylation sites (tertiary alicyclic amines) is 2. The first-order chi connectivity index (χ1) is 16.6. The van der Waals surface area contributed by atoms with E-state index in [1.54, 1.807) is 6.07 Å². The zero-order valence-corrected chi connectivity index (χ0v) is 20.1. The molecule has 35 heavy (non-hydrogen) atoms. The third-order valence-corrected chi connectivity index (χ3v) is 7.99. The van der Waals surface area contributed by atoms with Gasteiger partial charge in [-0.05, 0) is 74.8 Å². The summed E-state index contributed by atoms with van der Waals surface area (Å²) in [5.74, 6) is -1.59. The van der Waals surface area contributed by atoms with Crippen LogP contribution >= 0.6 is 0 Å². The van der Waals surface area contributed by atoms with Crippen LogP contribution in [0.2, 0.25) is 0 Å². The van der Waals surface area contributed by atoms with Crippen LogP contribution in [-0.4, -0.2) is 66.1 Å². The van der Waals surface area contributed by atoms with Gasteiger partial charge in [-0.25, -0.2) is 18.0 Å². The molecular formula is C26H33F3N2O4. The molecule has 2 saturated heterocycles. The highest BCUT2D eigenvalue weighted by molar-refractivity contribution is 5.80. The topological polar surface area (TPSA) is 59.1 Å². The van der Waals surface area contributed by atoms with Gasteiger partial charge in [-0.2, -0.15) is 0 Å². The predicted molar refractivity (Wildman–Crippen MR) is 122 cm³/mol. The minimum atomic E-state index is -2.83. The van der Waals surface area contributed by atoms with Crippen LogP contribution in [0.25, 0.3) is 0 Å². The van der Waals surface area contributed by atoms with Crippen LogP contribution in [0.4, 0.5) is 18.0 Å². The molecule has 0 radical (unpaired) electrons. The molecule has 2 aliphatic heterocycles. The number of carbonyl (C=O) groups excluding carboxylic acids is 2. The summed E-state index contributed by atoms with van der Waals surface area (Å²) in [7, 11) is 0. The second-order valence-electron chi connectivity index (χ2n) is 11.0. The molecule has 0 spiro atoms. The summed E-state index contributed by atoms with van der Waals surface area (Å²) in [6, 6.07) is 4.37. The molecule has 9 heteroatoms. The molecule has 2 atom stereocenters. The van der Waals surface area contributed by atoms with Gasteiger partial charge in [0.2, 0.25) is 5.91 Å². The largest absolute Gasteiger partial charge is 0.493 e. The van der Waals surface area contributed by atoms with E-state index in [1.165, 1.54) is 18.6 Å². The molecule has 4 fully saturated rings. The first kappa shape index (κ1) is 24.3. The Morgan fingerprint density at radius 3 is 2.46 bits per heavy atom. The lowest BCUT2D eigenvalue weighted by Gasteiger charge is -2.38. The van der Waals surface area contributed by atoms with E-state index in [4.69, 9.17) is 9.47 Å². The van der Waals surface area contributed by atoms with Crippen molar-refractivity contribution in [3.05, 3.63) is 29.6 Å². The Balaban J connectivity index is 0.995. The number of hydrogen-bond acceptors (Lipinski definition) is 4. The number of halogens is 3. The van der Waals surface area contributed by atoms with Gasteiger partial charge >= 0.3 is 6.09 Å². The number of nitrogens with zero attached hydrogens (tertiary/aromatic N) is 2. The SMILES string of the molecule is CC1(OC(=O)N2CCC([C@H]3C[C@H]3CCOc3ccc(CC(=O)N4CC(F)(F)C4)c(F)c3)CC2)CC1. The van der Waals surface area contributed by atoms with Gasteiger partial charge in [0.15, 0.2) is 0 Å². The van der Waals surface area contributed by atoms with Gasteiger partial charge in [0, 0.05) is 19.2 Å². The molecule has 4 aliphatic rings. The molecule has 1 aromatic carbocycles. The normalized spacial score (nSPS) is 26.6. The van der Waals surface area contributed by atoms with Gasteiger partial charge in [0.25, 0.3) is 5.92 Å². The smallest absolute Gasteiger partial charge is 0.410 e. The minimum absolute atomic E-state index is 0.172. The number of piperidine rings is 1. The number of ether oxygens (including phenoxy) is 2. The van der Waals surface area contributed by atoms with Crippen molar-refractivity contribution in [2.45, 2.75) is 63.4 Å². The molecule has 1 aromatic rings. The van der Waals surface area contributed by atoms with Gasteiger partial charge in [-0.1, -0.05) is 6.07 Å². The number of benzene rings is 1. The van der Waals surface area contributed by atoms with Crippen LogP contribution in [-0.2, 0) is 16.0 Å². The summed E-state index contributed by atoms with van der Waals surface area (Å²) in [5.41, 5.74) is -0.0496. The minimum Gasteiger partial charge on any atom is -0.493 e. The van der Waals surface area contributed by atoms with Crippen LogP contribution in [0.3, 0.4) is 0 Å². The Bertz CT molecular complexity index is 967. The first-order valence-corrected chi connectivity index (χ1v) is 12.7. The second kappa shape index (κ2) is 9.21. The Morgan fingerprint density at radius 2 is 1.83 bits per heavy atom. The first-order valence-electron chi connectivity index (χ1n) is 12.7. The van der Waals surface area contributed by atoms with Crippen molar-refractivity contribution in [3.8, 4) is 5.75 Å². The number of rotatable bonds is 8. The summed E-state index contributed by atoms with van der Waals surface area (Å²) in [5, 5.41) is 0. The number of amides is 2. The molecule has 5 rings (SSSR count). The van der Waals surface area contributed by atoms with E-state index < -0.39 is 30.7 Å². The summed E-state index contributed by atoms with van der Waals surface area (Å²) in [6.45, 7) is 2.80. The van der Waals surface area contributed by atoms with Gasteiger partial charge in [-0.3, -0.25) is 4.79 Å². The monoisotopic (exact) mass is 494 g/mol. The van der Waals surface area contributed by atoms with E-state index in [0.29, 0.717) is 30.1 Å². The average Bonchev–Trinajstić information content (AvgIpc) is 3.72. The van der Waals surface area contributed by atoms with E-state index >= 15 is 0 Å². The van der Waals surface area contributed by atoms with E-state index in [2.05, 4.69) is 0 Å². The van der Waals surface area contributed by atoms with Crippen LogP contribution in [0.1, 0.15) is 51.0 Å². The van der Waals surface area contributed by atoms with Gasteiger partial charge in [0.1, 0.15) is 17.2 Å². The number of hydrogen-bond donors (Lipinski definition) is 0. The maximum Gasteiger partial charge on any atom is 0.410 e. The summed E-state index contributed by atoms with van der Waals surface area (Å²) in [4.78, 5) is 27.2. The van der Waals surface area contributed by atoms with Crippen molar-refractivity contribution in [1.82, 2.24) is 9.80 Å². The van der Waals surface area contributed by atoms with Gasteiger partial charge in [0.05, 0.1) is 26.1 Å². The van der Waals surface area contributed by atoms with Crippen molar-refractivity contribution >= 4 is 12.0 Å². The fourth-order valence-corrected chi connectivity index (χ4v) is 5.30. The third kappa shape index (κ3) is 5.86. The molecule has 2 saturated carbocycles. The highest BCUT2D eigenvalue weighted by Gasteiger charge is 2.47. The van der Waals surface area contributed by atoms with Crippen LogP contribution in [0, 0.1) is 23.6 Å². The second-order valence-corrected chi connectivity index (χ2v) is 11.0. The Hall–Kier alpha value is -2.45. The van der Waals surface area contributed by atoms with Crippen molar-refractivity contribution in [2.24, 2.45) is 17.8 Å². The molecule has 2 aliphatic carbocycles. The average molecular weight is 495 g/mol. The summed E-state index contributed by atoms with van der Waals surface area (Å²) in [6.07, 6.45) is 5.59. The molecule has 2 amide bonds. The van der Waals surface area contributed by atoms with Crippen molar-refractivity contribution in [1.29, 1.82) is 0 Å². The van der Waals surface area contributed by atoms with Crippen molar-refractivity contribution in [3.63, 3.8) is 0 Å². The Labute approximate surface area is 203 Å². The molecule has 6 nitrogen and oxygen atoms in total. The summed E-state index contributed by atoms with van der Waals surface area (Å²) >= 11 is 0. The molecule has 192 valence electrons. The fourth-order valence-electron chi connectivity index (χ4n) is 5.30.